The Bertz CT molecular complexity index is 1440. The fourth-order valence-electron chi connectivity index (χ4n) is 6.68. The standard InChI is InChI=1S/C33H43ClN2O6S/c1-21(43(35,40)41)28(22-8-9-22)6-4-7-31(37)29-14-11-25(29)19-36-16-3-2-5-23-17-27(34)13-10-26(23)20-42-32-15-12-24(33(38)39)18-30(32)36/h4,7,10,12-13,15,17-18,21-22,25,28-29,31,37H,2-3,5-6,8-9,11,14,16,19-20H2,1H3,(H,38,39)(H2,35,40,41)/b7-4+/t21-,25?,28?,29-,31+/m1/s1. The van der Waals surface area contributed by atoms with Gasteiger partial charge in [0.15, 0.2) is 0 Å². The summed E-state index contributed by atoms with van der Waals surface area (Å²) < 4.78 is 30.3. The highest BCUT2D eigenvalue weighted by molar-refractivity contribution is 7.89. The van der Waals surface area contributed by atoms with Crippen LogP contribution >= 0.6 is 11.6 Å². The summed E-state index contributed by atoms with van der Waals surface area (Å²) in [7, 11) is -3.61. The van der Waals surface area contributed by atoms with Crippen LogP contribution in [0.2, 0.25) is 5.02 Å². The van der Waals surface area contributed by atoms with Crippen LogP contribution in [0.1, 0.15) is 73.4 Å². The molecule has 0 aromatic heterocycles. The van der Waals surface area contributed by atoms with Gasteiger partial charge in [-0.05, 0) is 123 Å². The number of carbonyl (C=O) groups is 1. The van der Waals surface area contributed by atoms with Gasteiger partial charge in [-0.15, -0.1) is 0 Å². The van der Waals surface area contributed by atoms with Crippen LogP contribution in [0.4, 0.5) is 5.69 Å². The molecular formula is C33H43ClN2O6S. The molecule has 10 heteroatoms. The van der Waals surface area contributed by atoms with Crippen LogP contribution in [-0.2, 0) is 23.1 Å². The van der Waals surface area contributed by atoms with E-state index in [2.05, 4.69) is 4.90 Å². The Hall–Kier alpha value is -2.59. The molecule has 2 aliphatic carbocycles. The van der Waals surface area contributed by atoms with Gasteiger partial charge in [0.25, 0.3) is 0 Å². The quantitative estimate of drug-likeness (QED) is 0.283. The zero-order valence-corrected chi connectivity index (χ0v) is 26.3. The number of nitrogens with two attached hydrogens (primary N) is 1. The van der Waals surface area contributed by atoms with E-state index in [-0.39, 0.29) is 23.3 Å². The molecule has 1 heterocycles. The number of hydrogen-bond acceptors (Lipinski definition) is 6. The summed E-state index contributed by atoms with van der Waals surface area (Å²) in [5.74, 6) is 0.293. The largest absolute Gasteiger partial charge is 0.487 e. The number of aryl methyl sites for hydroxylation is 1. The number of anilines is 1. The highest BCUT2D eigenvalue weighted by atomic mass is 35.5. The topological polar surface area (TPSA) is 130 Å². The summed E-state index contributed by atoms with van der Waals surface area (Å²) in [5.41, 5.74) is 3.21. The van der Waals surface area contributed by atoms with Crippen molar-refractivity contribution < 1.29 is 28.2 Å². The molecule has 43 heavy (non-hydrogen) atoms. The minimum atomic E-state index is -3.61. The first-order valence-corrected chi connectivity index (χ1v) is 17.4. The van der Waals surface area contributed by atoms with Gasteiger partial charge in [0, 0.05) is 18.1 Å². The minimum absolute atomic E-state index is 0.0316. The summed E-state index contributed by atoms with van der Waals surface area (Å²) in [6.45, 7) is 3.46. The second-order valence-electron chi connectivity index (χ2n) is 12.5. The maximum atomic E-state index is 12.0. The number of fused-ring (bicyclic) bond motifs is 2. The third kappa shape index (κ3) is 7.93. The number of primary sulfonamides is 1. The molecule has 0 radical (unpaired) electrons. The van der Waals surface area contributed by atoms with E-state index in [9.17, 15) is 23.4 Å². The number of benzene rings is 2. The number of hydrogen-bond donors (Lipinski definition) is 3. The molecule has 2 aromatic carbocycles. The number of aliphatic hydroxyl groups excluding tert-OH is 1. The summed E-state index contributed by atoms with van der Waals surface area (Å²) in [4.78, 5) is 14.1. The average Bonchev–Trinajstić information content (AvgIpc) is 3.78. The van der Waals surface area contributed by atoms with E-state index in [4.69, 9.17) is 21.5 Å². The number of carboxylic acid groups (broad SMARTS) is 1. The van der Waals surface area contributed by atoms with E-state index in [1.165, 1.54) is 5.56 Å². The van der Waals surface area contributed by atoms with Gasteiger partial charge in [-0.3, -0.25) is 0 Å². The highest BCUT2D eigenvalue weighted by Crippen LogP contribution is 2.43. The predicted octanol–water partition coefficient (Wildman–Crippen LogP) is 5.80. The Labute approximate surface area is 259 Å². The van der Waals surface area contributed by atoms with E-state index in [0.29, 0.717) is 36.3 Å². The number of allylic oxidation sites excluding steroid dienone is 1. The lowest BCUT2D eigenvalue weighted by Crippen LogP contribution is -2.43. The third-order valence-corrected chi connectivity index (χ3v) is 11.3. The van der Waals surface area contributed by atoms with Gasteiger partial charge >= 0.3 is 5.97 Å². The van der Waals surface area contributed by atoms with Crippen LogP contribution in [0, 0.1) is 23.7 Å². The highest BCUT2D eigenvalue weighted by Gasteiger charge is 2.39. The van der Waals surface area contributed by atoms with Gasteiger partial charge in [-0.2, -0.15) is 0 Å². The SMILES string of the molecule is C[C@H](C(C/C=C/[C@H](O)[C@@H]1CCC1CN1CCCCc2cc(Cl)ccc2COc2ccc(C(=O)O)cc21)C1CC1)S(N)(=O)=O. The molecule has 2 saturated carbocycles. The molecule has 0 amide bonds. The lowest BCUT2D eigenvalue weighted by molar-refractivity contribution is 0.0460. The molecule has 3 aliphatic rings. The smallest absolute Gasteiger partial charge is 0.335 e. The summed E-state index contributed by atoms with van der Waals surface area (Å²) >= 11 is 6.28. The number of nitrogens with zero attached hydrogens (tertiary/aromatic N) is 1. The summed E-state index contributed by atoms with van der Waals surface area (Å²) in [6, 6.07) is 10.9. The lowest BCUT2D eigenvalue weighted by Gasteiger charge is -2.42. The number of aromatic carboxylic acids is 1. The zero-order chi connectivity index (χ0) is 30.7. The Morgan fingerprint density at radius 2 is 1.93 bits per heavy atom. The van der Waals surface area contributed by atoms with Gasteiger partial charge < -0.3 is 19.8 Å². The molecule has 0 bridgehead atoms. The van der Waals surface area contributed by atoms with Crippen molar-refractivity contribution in [3.8, 4) is 5.75 Å². The number of halogens is 1. The normalized spacial score (nSPS) is 23.2. The molecule has 0 spiro atoms. The fraction of sp³-hybridized carbons (Fsp3) is 0.545. The van der Waals surface area contributed by atoms with E-state index in [1.54, 1.807) is 25.1 Å². The van der Waals surface area contributed by atoms with Gasteiger partial charge in [0.05, 0.1) is 22.6 Å². The van der Waals surface area contributed by atoms with Crippen LogP contribution in [0.5, 0.6) is 5.75 Å². The molecule has 234 valence electrons. The monoisotopic (exact) mass is 630 g/mol. The summed E-state index contributed by atoms with van der Waals surface area (Å²) in [5, 5.41) is 26.4. The molecule has 2 unspecified atom stereocenters. The van der Waals surface area contributed by atoms with Crippen LogP contribution in [0.15, 0.2) is 48.6 Å². The van der Waals surface area contributed by atoms with E-state index in [1.807, 2.05) is 30.4 Å². The number of carboxylic acids is 1. The molecule has 5 rings (SSSR count). The Balaban J connectivity index is 1.30. The first-order chi connectivity index (χ1) is 20.5. The second kappa shape index (κ2) is 13.6. The zero-order valence-electron chi connectivity index (χ0n) is 24.7. The van der Waals surface area contributed by atoms with E-state index in [0.717, 1.165) is 62.7 Å². The maximum Gasteiger partial charge on any atom is 0.335 e. The van der Waals surface area contributed by atoms with Crippen molar-refractivity contribution >= 4 is 33.3 Å². The van der Waals surface area contributed by atoms with Crippen molar-refractivity contribution in [1.29, 1.82) is 0 Å². The Kier molecular flexibility index (Phi) is 10.1. The van der Waals surface area contributed by atoms with Gasteiger partial charge in [-0.25, -0.2) is 18.4 Å². The van der Waals surface area contributed by atoms with Crippen molar-refractivity contribution in [3.63, 3.8) is 0 Å². The lowest BCUT2D eigenvalue weighted by atomic mass is 9.70. The number of rotatable bonds is 10. The van der Waals surface area contributed by atoms with Crippen molar-refractivity contribution in [3.05, 3.63) is 70.3 Å². The van der Waals surface area contributed by atoms with E-state index >= 15 is 0 Å². The molecule has 2 aromatic rings. The molecule has 8 nitrogen and oxygen atoms in total. The molecule has 2 fully saturated rings. The van der Waals surface area contributed by atoms with Crippen LogP contribution < -0.4 is 14.8 Å². The maximum absolute atomic E-state index is 12.0. The number of aliphatic hydroxyl groups is 1. The van der Waals surface area contributed by atoms with Crippen molar-refractivity contribution in [2.24, 2.45) is 28.8 Å². The van der Waals surface area contributed by atoms with Crippen molar-refractivity contribution in [2.45, 2.75) is 76.3 Å². The molecule has 4 N–H and O–H groups in total. The fourth-order valence-corrected chi connectivity index (χ4v) is 7.69. The first-order valence-electron chi connectivity index (χ1n) is 15.4. The summed E-state index contributed by atoms with van der Waals surface area (Å²) in [6.07, 6.45) is 10.4. The Morgan fingerprint density at radius 1 is 1.14 bits per heavy atom. The van der Waals surface area contributed by atoms with Crippen LogP contribution in [-0.4, -0.2) is 49.0 Å². The molecule has 5 atom stereocenters. The second-order valence-corrected chi connectivity index (χ2v) is 14.9. The number of sulfonamides is 1. The molecule has 1 aliphatic heterocycles. The van der Waals surface area contributed by atoms with Gasteiger partial charge in [-0.1, -0.05) is 29.8 Å². The number of ether oxygens (including phenoxy) is 1. The Morgan fingerprint density at radius 3 is 2.60 bits per heavy atom. The van der Waals surface area contributed by atoms with Gasteiger partial charge in [0.2, 0.25) is 10.0 Å². The van der Waals surface area contributed by atoms with Crippen LogP contribution in [0.25, 0.3) is 0 Å². The third-order valence-electron chi connectivity index (χ3n) is 9.68. The molecule has 0 saturated heterocycles. The first kappa shape index (κ1) is 31.8. The predicted molar refractivity (Wildman–Crippen MR) is 169 cm³/mol. The minimum Gasteiger partial charge on any atom is -0.487 e. The average molecular weight is 631 g/mol. The van der Waals surface area contributed by atoms with Gasteiger partial charge in [0.1, 0.15) is 12.4 Å². The van der Waals surface area contributed by atoms with Crippen LogP contribution in [0.3, 0.4) is 0 Å². The molecular weight excluding hydrogens is 588 g/mol. The van der Waals surface area contributed by atoms with Crippen molar-refractivity contribution in [1.82, 2.24) is 0 Å². The van der Waals surface area contributed by atoms with E-state index < -0.39 is 27.3 Å². The van der Waals surface area contributed by atoms with Crippen molar-refractivity contribution in [2.75, 3.05) is 18.0 Å².